The molecule has 25 heavy (non-hydrogen) atoms. The molecule has 0 atom stereocenters. The van der Waals surface area contributed by atoms with Crippen LogP contribution in [0.25, 0.3) is 5.82 Å². The fourth-order valence-electron chi connectivity index (χ4n) is 2.36. The number of rotatable bonds is 6. The van der Waals surface area contributed by atoms with Crippen molar-refractivity contribution in [1.82, 2.24) is 14.5 Å². The molecule has 0 aliphatic carbocycles. The van der Waals surface area contributed by atoms with Gasteiger partial charge in [-0.25, -0.2) is 9.97 Å². The lowest BCUT2D eigenvalue weighted by Gasteiger charge is -2.11. The van der Waals surface area contributed by atoms with Gasteiger partial charge in [0.15, 0.2) is 0 Å². The summed E-state index contributed by atoms with van der Waals surface area (Å²) in [6, 6.07) is 7.70. The first-order valence-corrected chi connectivity index (χ1v) is 7.30. The molecule has 126 valence electrons. The number of hydrogen-bond donors (Lipinski definition) is 2. The number of carbonyl (C=O) groups excluding carboxylic acids is 1. The number of carbonyl (C=O) groups is 1. The van der Waals surface area contributed by atoms with Crippen molar-refractivity contribution in [3.8, 4) is 5.82 Å². The predicted octanol–water partition coefficient (Wildman–Crippen LogP) is 1.89. The summed E-state index contributed by atoms with van der Waals surface area (Å²) in [7, 11) is 0. The molecule has 3 rings (SSSR count). The minimum Gasteiger partial charge on any atom is -0.375 e. The van der Waals surface area contributed by atoms with Crippen LogP contribution in [-0.2, 0) is 6.54 Å². The lowest BCUT2D eigenvalue weighted by molar-refractivity contribution is -0.384. The van der Waals surface area contributed by atoms with Gasteiger partial charge in [0, 0.05) is 42.3 Å². The van der Waals surface area contributed by atoms with Crippen LogP contribution in [0.15, 0.2) is 55.2 Å². The third-order valence-electron chi connectivity index (χ3n) is 3.56. The zero-order chi connectivity index (χ0) is 17.8. The van der Waals surface area contributed by atoms with Gasteiger partial charge in [-0.3, -0.25) is 19.5 Å². The summed E-state index contributed by atoms with van der Waals surface area (Å²) in [5.41, 5.74) is 6.15. The van der Waals surface area contributed by atoms with Gasteiger partial charge in [-0.05, 0) is 18.2 Å². The van der Waals surface area contributed by atoms with Crippen LogP contribution in [-0.4, -0.2) is 25.4 Å². The second-order valence-electron chi connectivity index (χ2n) is 5.16. The molecule has 0 saturated carbocycles. The van der Waals surface area contributed by atoms with Crippen molar-refractivity contribution in [3.05, 3.63) is 76.5 Å². The van der Waals surface area contributed by atoms with Gasteiger partial charge < -0.3 is 11.1 Å². The number of nitrogens with zero attached hydrogens (tertiary/aromatic N) is 4. The second-order valence-corrected chi connectivity index (χ2v) is 5.16. The van der Waals surface area contributed by atoms with Gasteiger partial charge in [0.25, 0.3) is 5.69 Å². The number of anilines is 1. The number of nitrogens with two attached hydrogens (primary N) is 1. The van der Waals surface area contributed by atoms with Gasteiger partial charge in [-0.15, -0.1) is 0 Å². The highest BCUT2D eigenvalue weighted by Gasteiger charge is 2.17. The number of primary amides is 1. The average Bonchev–Trinajstić information content (AvgIpc) is 3.14. The summed E-state index contributed by atoms with van der Waals surface area (Å²) in [5, 5.41) is 14.3. The summed E-state index contributed by atoms with van der Waals surface area (Å²) < 4.78 is 1.75. The normalized spacial score (nSPS) is 10.4. The molecule has 0 spiro atoms. The van der Waals surface area contributed by atoms with Gasteiger partial charge in [0.2, 0.25) is 5.91 Å². The lowest BCUT2D eigenvalue weighted by atomic mass is 10.1. The molecule has 2 aromatic heterocycles. The zero-order valence-electron chi connectivity index (χ0n) is 13.0. The van der Waals surface area contributed by atoms with Crippen LogP contribution >= 0.6 is 0 Å². The molecular formula is C16H14N6O3. The van der Waals surface area contributed by atoms with E-state index in [1.165, 1.54) is 12.1 Å². The number of amides is 1. The zero-order valence-corrected chi connectivity index (χ0v) is 13.0. The van der Waals surface area contributed by atoms with E-state index in [0.717, 1.165) is 11.6 Å². The predicted molar refractivity (Wildman–Crippen MR) is 90.3 cm³/mol. The van der Waals surface area contributed by atoms with Crippen LogP contribution in [0, 0.1) is 10.1 Å². The second kappa shape index (κ2) is 6.79. The molecule has 0 aliphatic rings. The molecule has 3 aromatic rings. The maximum atomic E-state index is 11.3. The topological polar surface area (TPSA) is 129 Å². The molecule has 0 bridgehead atoms. The fourth-order valence-corrected chi connectivity index (χ4v) is 2.36. The first-order chi connectivity index (χ1) is 12.1. The SMILES string of the molecule is NC(=O)c1ccc(NCc2cccnc2-n2ccnc2)c([N+](=O)[O-])c1. The summed E-state index contributed by atoms with van der Waals surface area (Å²) in [5.74, 6) is -0.0480. The Morgan fingerprint density at radius 2 is 2.16 bits per heavy atom. The molecule has 0 aliphatic heterocycles. The largest absolute Gasteiger partial charge is 0.375 e. The number of benzene rings is 1. The molecule has 9 heteroatoms. The molecule has 0 radical (unpaired) electrons. The van der Waals surface area contributed by atoms with Crippen LogP contribution in [0.1, 0.15) is 15.9 Å². The number of imidazole rings is 1. The van der Waals surface area contributed by atoms with E-state index in [0.29, 0.717) is 12.4 Å². The number of aromatic nitrogens is 3. The highest BCUT2D eigenvalue weighted by Crippen LogP contribution is 2.26. The maximum absolute atomic E-state index is 11.3. The van der Waals surface area contributed by atoms with E-state index in [1.807, 2.05) is 6.07 Å². The highest BCUT2D eigenvalue weighted by atomic mass is 16.6. The molecule has 1 amide bonds. The molecule has 0 fully saturated rings. The summed E-state index contributed by atoms with van der Waals surface area (Å²) in [6.45, 7) is 0.304. The minimum atomic E-state index is -0.718. The van der Waals surface area contributed by atoms with Crippen molar-refractivity contribution in [3.63, 3.8) is 0 Å². The van der Waals surface area contributed by atoms with E-state index in [-0.39, 0.29) is 16.9 Å². The molecule has 9 nitrogen and oxygen atoms in total. The molecule has 3 N–H and O–H groups in total. The van der Waals surface area contributed by atoms with Gasteiger partial charge >= 0.3 is 0 Å². The van der Waals surface area contributed by atoms with Gasteiger partial charge in [0.1, 0.15) is 17.8 Å². The Morgan fingerprint density at radius 1 is 1.32 bits per heavy atom. The number of nitro groups is 1. The fraction of sp³-hybridized carbons (Fsp3) is 0.0625. The van der Waals surface area contributed by atoms with Crippen molar-refractivity contribution in [2.45, 2.75) is 6.54 Å². The third kappa shape index (κ3) is 3.44. The Labute approximate surface area is 142 Å². The van der Waals surface area contributed by atoms with E-state index >= 15 is 0 Å². The minimum absolute atomic E-state index is 0.0812. The van der Waals surface area contributed by atoms with Crippen molar-refractivity contribution in [1.29, 1.82) is 0 Å². The van der Waals surface area contributed by atoms with Gasteiger partial charge in [-0.1, -0.05) is 6.07 Å². The van der Waals surface area contributed by atoms with Crippen LogP contribution < -0.4 is 11.1 Å². The van der Waals surface area contributed by atoms with E-state index < -0.39 is 10.8 Å². The van der Waals surface area contributed by atoms with Crippen molar-refractivity contribution >= 4 is 17.3 Å². The summed E-state index contributed by atoms with van der Waals surface area (Å²) >= 11 is 0. The van der Waals surface area contributed by atoms with Crippen molar-refractivity contribution in [2.75, 3.05) is 5.32 Å². The number of pyridine rings is 1. The van der Waals surface area contributed by atoms with Crippen LogP contribution in [0.3, 0.4) is 0 Å². The third-order valence-corrected chi connectivity index (χ3v) is 3.56. The molecule has 1 aromatic carbocycles. The van der Waals surface area contributed by atoms with Crippen LogP contribution in [0.5, 0.6) is 0 Å². The highest BCUT2D eigenvalue weighted by molar-refractivity contribution is 5.94. The maximum Gasteiger partial charge on any atom is 0.293 e. The molecular weight excluding hydrogens is 324 g/mol. The monoisotopic (exact) mass is 338 g/mol. The molecule has 2 heterocycles. The first kappa shape index (κ1) is 16.1. The Hall–Kier alpha value is -3.75. The Morgan fingerprint density at radius 3 is 2.84 bits per heavy atom. The van der Waals surface area contributed by atoms with Gasteiger partial charge in [-0.2, -0.15) is 0 Å². The molecule has 0 unspecified atom stereocenters. The first-order valence-electron chi connectivity index (χ1n) is 7.30. The van der Waals surface area contributed by atoms with E-state index in [4.69, 9.17) is 5.73 Å². The van der Waals surface area contributed by atoms with Crippen molar-refractivity contribution in [2.24, 2.45) is 5.73 Å². The van der Waals surface area contributed by atoms with Crippen LogP contribution in [0.2, 0.25) is 0 Å². The van der Waals surface area contributed by atoms with Crippen LogP contribution in [0.4, 0.5) is 11.4 Å². The Balaban J connectivity index is 1.88. The van der Waals surface area contributed by atoms with Gasteiger partial charge in [0.05, 0.1) is 4.92 Å². The lowest BCUT2D eigenvalue weighted by Crippen LogP contribution is -2.12. The quantitative estimate of drug-likeness (QED) is 0.521. The summed E-state index contributed by atoms with van der Waals surface area (Å²) in [6.07, 6.45) is 6.67. The summed E-state index contributed by atoms with van der Waals surface area (Å²) in [4.78, 5) is 30.2. The standard InChI is InChI=1S/C16H14N6O3/c17-15(23)11-3-4-13(14(8-11)22(24)25)20-9-12-2-1-5-19-16(12)21-7-6-18-10-21/h1-8,10,20H,9H2,(H2,17,23). The smallest absolute Gasteiger partial charge is 0.293 e. The van der Waals surface area contributed by atoms with E-state index in [2.05, 4.69) is 15.3 Å². The number of nitrogens with one attached hydrogen (secondary N) is 1. The Kier molecular flexibility index (Phi) is 4.38. The van der Waals surface area contributed by atoms with E-state index in [9.17, 15) is 14.9 Å². The number of hydrogen-bond acceptors (Lipinski definition) is 6. The Bertz CT molecular complexity index is 923. The molecule has 0 saturated heterocycles. The van der Waals surface area contributed by atoms with E-state index in [1.54, 1.807) is 35.6 Å². The average molecular weight is 338 g/mol. The number of nitro benzene ring substituents is 1. The van der Waals surface area contributed by atoms with Crippen molar-refractivity contribution < 1.29 is 9.72 Å².